The van der Waals surface area contributed by atoms with Crippen molar-refractivity contribution < 1.29 is 35.1 Å². The van der Waals surface area contributed by atoms with Crippen LogP contribution in [0.4, 0.5) is 24.1 Å². The molecule has 0 amide bonds. The van der Waals surface area contributed by atoms with Gasteiger partial charge in [-0.25, -0.2) is 26.8 Å². The zero-order valence-corrected chi connectivity index (χ0v) is 23.0. The van der Waals surface area contributed by atoms with Crippen LogP contribution in [0.25, 0.3) is 0 Å². The Morgan fingerprint density at radius 2 is 1.78 bits per heavy atom. The molecule has 3 heterocycles. The van der Waals surface area contributed by atoms with E-state index in [1.807, 2.05) is 0 Å². The quantitative estimate of drug-likeness (QED) is 0.468. The van der Waals surface area contributed by atoms with Gasteiger partial charge in [0.05, 0.1) is 17.3 Å². The topological polar surface area (TPSA) is 150 Å². The van der Waals surface area contributed by atoms with Crippen LogP contribution in [0, 0.1) is 0 Å². The number of rotatable bonds is 8. The van der Waals surface area contributed by atoms with E-state index in [0.717, 1.165) is 30.0 Å². The van der Waals surface area contributed by atoms with Crippen LogP contribution in [0.1, 0.15) is 26.3 Å². The Morgan fingerprint density at radius 1 is 1.19 bits per heavy atom. The normalized spacial score (nSPS) is 19.9. The van der Waals surface area contributed by atoms with Gasteiger partial charge in [0.25, 0.3) is 10.0 Å². The van der Waals surface area contributed by atoms with Gasteiger partial charge in [-0.3, -0.25) is 0 Å². The SMILES string of the molecule is CC(C)N(C[C@H]1CN(S(=O)(=O)c2ccc(N)s2)CCN1c1ncc(C(C)(O)C(F)(F)F)cn1)S(C)(=O)=O. The first-order chi connectivity index (χ1) is 16.9. The number of anilines is 2. The third-order valence-electron chi connectivity index (χ3n) is 6.04. The van der Waals surface area contributed by atoms with Gasteiger partial charge in [0.15, 0.2) is 5.60 Å². The Bertz CT molecular complexity index is 1310. The molecule has 37 heavy (non-hydrogen) atoms. The van der Waals surface area contributed by atoms with Crippen molar-refractivity contribution in [3.63, 3.8) is 0 Å². The van der Waals surface area contributed by atoms with Gasteiger partial charge in [0.1, 0.15) is 4.21 Å². The number of hydrogen-bond acceptors (Lipinski definition) is 10. The molecule has 0 spiro atoms. The molecule has 2 aromatic heterocycles. The number of thiophene rings is 1. The molecule has 0 aromatic carbocycles. The lowest BCUT2D eigenvalue weighted by Crippen LogP contribution is -2.59. The van der Waals surface area contributed by atoms with E-state index in [0.29, 0.717) is 11.9 Å². The molecule has 0 radical (unpaired) electrons. The molecule has 0 aliphatic carbocycles. The largest absolute Gasteiger partial charge is 0.421 e. The van der Waals surface area contributed by atoms with Gasteiger partial charge in [-0.15, -0.1) is 11.3 Å². The number of aliphatic hydroxyl groups is 1. The number of sulfonamides is 2. The second-order valence-electron chi connectivity index (χ2n) is 9.14. The third kappa shape index (κ3) is 6.17. The molecule has 0 saturated carbocycles. The predicted molar refractivity (Wildman–Crippen MR) is 133 cm³/mol. The molecule has 1 fully saturated rings. The predicted octanol–water partition coefficient (Wildman–Crippen LogP) is 1.44. The van der Waals surface area contributed by atoms with Gasteiger partial charge >= 0.3 is 6.18 Å². The molecule has 208 valence electrons. The number of halogens is 3. The Balaban J connectivity index is 1.97. The Hall–Kier alpha value is -2.05. The van der Waals surface area contributed by atoms with E-state index < -0.39 is 49.5 Å². The molecule has 2 atom stereocenters. The smallest absolute Gasteiger partial charge is 0.391 e. The Morgan fingerprint density at radius 3 is 2.24 bits per heavy atom. The summed E-state index contributed by atoms with van der Waals surface area (Å²) in [5, 5.41) is 10.2. The van der Waals surface area contributed by atoms with E-state index in [1.54, 1.807) is 18.7 Å². The fraction of sp³-hybridized carbons (Fsp3) is 0.600. The van der Waals surface area contributed by atoms with Gasteiger partial charge < -0.3 is 15.7 Å². The summed E-state index contributed by atoms with van der Waals surface area (Å²) >= 11 is 0.904. The molecule has 1 saturated heterocycles. The monoisotopic (exact) mass is 586 g/mol. The van der Waals surface area contributed by atoms with Crippen molar-refractivity contribution in [1.29, 1.82) is 0 Å². The van der Waals surface area contributed by atoms with Crippen molar-refractivity contribution in [3.8, 4) is 0 Å². The summed E-state index contributed by atoms with van der Waals surface area (Å²) in [6.45, 7) is 3.69. The number of alkyl halides is 3. The van der Waals surface area contributed by atoms with E-state index in [1.165, 1.54) is 20.7 Å². The van der Waals surface area contributed by atoms with Crippen molar-refractivity contribution in [2.24, 2.45) is 0 Å². The minimum absolute atomic E-state index is 0.0113. The molecule has 1 aliphatic heterocycles. The fourth-order valence-corrected chi connectivity index (χ4v) is 7.81. The van der Waals surface area contributed by atoms with Crippen molar-refractivity contribution in [2.45, 2.75) is 48.8 Å². The first kappa shape index (κ1) is 29.5. The van der Waals surface area contributed by atoms with E-state index in [4.69, 9.17) is 5.73 Å². The summed E-state index contributed by atoms with van der Waals surface area (Å²) < 4.78 is 93.4. The van der Waals surface area contributed by atoms with Crippen molar-refractivity contribution >= 4 is 42.3 Å². The van der Waals surface area contributed by atoms with Crippen LogP contribution in [-0.2, 0) is 25.6 Å². The maximum Gasteiger partial charge on any atom is 0.421 e. The highest BCUT2D eigenvalue weighted by Crippen LogP contribution is 2.38. The average Bonchev–Trinajstić information content (AvgIpc) is 3.23. The zero-order chi connectivity index (χ0) is 28.0. The lowest BCUT2D eigenvalue weighted by Gasteiger charge is -2.42. The number of hydrogen-bond donors (Lipinski definition) is 2. The second kappa shape index (κ2) is 10.3. The Kier molecular flexibility index (Phi) is 8.18. The minimum atomic E-state index is -4.96. The van der Waals surface area contributed by atoms with E-state index in [-0.39, 0.29) is 36.3 Å². The van der Waals surface area contributed by atoms with Crippen LogP contribution in [0.2, 0.25) is 0 Å². The van der Waals surface area contributed by atoms with Gasteiger partial charge in [0.2, 0.25) is 16.0 Å². The number of nitrogens with zero attached hydrogens (tertiary/aromatic N) is 5. The molecule has 3 rings (SSSR count). The van der Waals surface area contributed by atoms with Crippen LogP contribution >= 0.6 is 11.3 Å². The standard InChI is InChI=1S/C20H29F3N6O5S3/c1-13(2)29(36(4,31)32)12-15-11-27(37(33,34)17-6-5-16(24)35-17)7-8-28(15)18-25-9-14(10-26-18)19(3,30)20(21,22)23/h5-6,9-10,13,15,30H,7-8,11-12,24H2,1-4H3/t15-,19?/m1/s1. The van der Waals surface area contributed by atoms with Gasteiger partial charge in [-0.2, -0.15) is 21.8 Å². The van der Waals surface area contributed by atoms with Crippen LogP contribution in [-0.4, -0.2) is 91.2 Å². The van der Waals surface area contributed by atoms with Crippen LogP contribution in [0.5, 0.6) is 0 Å². The number of aromatic nitrogens is 2. The molecule has 1 aliphatic rings. The fourth-order valence-electron chi connectivity index (χ4n) is 3.89. The number of nitrogens with two attached hydrogens (primary N) is 1. The first-order valence-corrected chi connectivity index (χ1v) is 15.2. The molecule has 3 N–H and O–H groups in total. The van der Waals surface area contributed by atoms with Gasteiger partial charge in [0, 0.05) is 50.2 Å². The minimum Gasteiger partial charge on any atom is -0.391 e. The van der Waals surface area contributed by atoms with Crippen LogP contribution in [0.3, 0.4) is 0 Å². The van der Waals surface area contributed by atoms with E-state index >= 15 is 0 Å². The van der Waals surface area contributed by atoms with Gasteiger partial charge in [-0.1, -0.05) is 0 Å². The highest BCUT2D eigenvalue weighted by Gasteiger charge is 2.51. The maximum absolute atomic E-state index is 13.2. The summed E-state index contributed by atoms with van der Waals surface area (Å²) in [6.07, 6.45) is -2.23. The first-order valence-electron chi connectivity index (χ1n) is 11.1. The summed E-state index contributed by atoms with van der Waals surface area (Å²) in [4.78, 5) is 9.56. The lowest BCUT2D eigenvalue weighted by atomic mass is 9.99. The summed E-state index contributed by atoms with van der Waals surface area (Å²) in [5.74, 6) is -0.0265. The molecule has 11 nitrogen and oxygen atoms in total. The van der Waals surface area contributed by atoms with Crippen LogP contribution in [0.15, 0.2) is 28.7 Å². The summed E-state index contributed by atoms with van der Waals surface area (Å²) in [7, 11) is -7.62. The molecule has 17 heteroatoms. The summed E-state index contributed by atoms with van der Waals surface area (Å²) in [5.41, 5.74) is 1.95. The van der Waals surface area contributed by atoms with Gasteiger partial charge in [-0.05, 0) is 32.9 Å². The second-order valence-corrected chi connectivity index (χ2v) is 14.4. The lowest BCUT2D eigenvalue weighted by molar-refractivity contribution is -0.259. The highest BCUT2D eigenvalue weighted by molar-refractivity contribution is 7.91. The summed E-state index contributed by atoms with van der Waals surface area (Å²) in [6, 6.07) is 1.64. The number of nitrogen functional groups attached to an aromatic ring is 1. The number of piperazine rings is 1. The van der Waals surface area contributed by atoms with Crippen LogP contribution < -0.4 is 10.6 Å². The molecule has 2 aromatic rings. The molecule has 0 bridgehead atoms. The van der Waals surface area contributed by atoms with E-state index in [9.17, 15) is 35.1 Å². The third-order valence-corrected chi connectivity index (χ3v) is 10.7. The molecular formula is C20H29F3N6O5S3. The van der Waals surface area contributed by atoms with Crippen molar-refractivity contribution in [2.75, 3.05) is 43.1 Å². The van der Waals surface area contributed by atoms with Crippen molar-refractivity contribution in [3.05, 3.63) is 30.1 Å². The Labute approximate surface area is 217 Å². The molecular weight excluding hydrogens is 557 g/mol. The highest BCUT2D eigenvalue weighted by atomic mass is 32.2. The zero-order valence-electron chi connectivity index (χ0n) is 20.5. The molecule has 1 unspecified atom stereocenters. The van der Waals surface area contributed by atoms with E-state index in [2.05, 4.69) is 9.97 Å². The average molecular weight is 587 g/mol. The van der Waals surface area contributed by atoms with Crippen molar-refractivity contribution in [1.82, 2.24) is 18.6 Å². The maximum atomic E-state index is 13.2.